The molecule has 1 unspecified atom stereocenters. The molecule has 0 saturated carbocycles. The van der Waals surface area contributed by atoms with Crippen LogP contribution in [0.5, 0.6) is 0 Å². The molecule has 0 spiro atoms. The summed E-state index contributed by atoms with van der Waals surface area (Å²) < 4.78 is 0. The summed E-state index contributed by atoms with van der Waals surface area (Å²) in [6.07, 6.45) is 3.88. The van der Waals surface area contributed by atoms with Gasteiger partial charge in [0.1, 0.15) is 6.04 Å². The lowest BCUT2D eigenvalue weighted by Gasteiger charge is -2.37. The maximum absolute atomic E-state index is 13.8. The van der Waals surface area contributed by atoms with Crippen LogP contribution < -0.4 is 4.90 Å². The van der Waals surface area contributed by atoms with Gasteiger partial charge < -0.3 is 4.90 Å². The third-order valence-electron chi connectivity index (χ3n) is 6.93. The lowest BCUT2D eigenvalue weighted by molar-refractivity contribution is -0.135. The van der Waals surface area contributed by atoms with Gasteiger partial charge in [-0.25, -0.2) is 4.90 Å². The predicted octanol–water partition coefficient (Wildman–Crippen LogP) is 4.43. The van der Waals surface area contributed by atoms with Crippen LogP contribution in [-0.2, 0) is 14.4 Å². The lowest BCUT2D eigenvalue weighted by atomic mass is 9.79. The summed E-state index contributed by atoms with van der Waals surface area (Å²) in [7, 11) is 0. The molecule has 3 heterocycles. The number of hydrogen-bond donors (Lipinski definition) is 0. The topological polar surface area (TPSA) is 57.7 Å². The summed E-state index contributed by atoms with van der Waals surface area (Å²) in [4.78, 5) is 44.6. The molecule has 2 aromatic rings. The van der Waals surface area contributed by atoms with Gasteiger partial charge in [-0.2, -0.15) is 0 Å². The Bertz CT molecular complexity index is 1170. The first kappa shape index (κ1) is 20.7. The zero-order valence-corrected chi connectivity index (χ0v) is 19.1. The number of nitrogens with zero attached hydrogens (tertiary/aromatic N) is 2. The molecule has 2 fully saturated rings. The Kier molecular flexibility index (Phi) is 4.45. The highest BCUT2D eigenvalue weighted by molar-refractivity contribution is 6.24. The largest absolute Gasteiger partial charge is 0.359 e. The molecular formula is C27H28N2O3. The Balaban J connectivity index is 1.68. The molecule has 5 rings (SSSR count). The number of fused-ring (bicyclic) bond motifs is 5. The van der Waals surface area contributed by atoms with Crippen LogP contribution in [0.4, 0.5) is 5.69 Å². The van der Waals surface area contributed by atoms with Gasteiger partial charge in [0.15, 0.2) is 5.78 Å². The molecule has 2 saturated heterocycles. The average Bonchev–Trinajstić information content (AvgIpc) is 3.19. The van der Waals surface area contributed by atoms with E-state index in [4.69, 9.17) is 0 Å². The fraction of sp³-hybridized carbons (Fsp3) is 0.370. The van der Waals surface area contributed by atoms with Crippen LogP contribution in [0.2, 0.25) is 0 Å². The average molecular weight is 429 g/mol. The second kappa shape index (κ2) is 6.89. The van der Waals surface area contributed by atoms with Crippen LogP contribution in [0, 0.1) is 31.1 Å². The van der Waals surface area contributed by atoms with E-state index in [9.17, 15) is 14.4 Å². The standard InChI is InChI=1S/C27H28N2O3/c1-15-12-16(2)14-18(13-15)29-25(31)20-21(26(29)32)23(24(30)27(3,4)5)28-11-10-17-8-6-7-9-19(17)22(20)28/h6-14,20-23H,1-5H3/t20-,21+,22?,23-/m0/s1. The molecule has 0 aromatic heterocycles. The number of ketones is 1. The zero-order valence-electron chi connectivity index (χ0n) is 19.1. The minimum atomic E-state index is -0.698. The predicted molar refractivity (Wildman–Crippen MR) is 124 cm³/mol. The number of Topliss-reactive ketones (excluding diaryl/α,β-unsaturated/α-hetero) is 1. The fourth-order valence-corrected chi connectivity index (χ4v) is 5.64. The minimum absolute atomic E-state index is 0.0116. The van der Waals surface area contributed by atoms with Gasteiger partial charge in [-0.1, -0.05) is 51.1 Å². The first-order valence-corrected chi connectivity index (χ1v) is 11.1. The Morgan fingerprint density at radius 3 is 2.19 bits per heavy atom. The highest BCUT2D eigenvalue weighted by atomic mass is 16.2. The van der Waals surface area contributed by atoms with Crippen molar-refractivity contribution in [2.45, 2.75) is 46.7 Å². The number of anilines is 1. The Morgan fingerprint density at radius 2 is 1.53 bits per heavy atom. The number of rotatable bonds is 2. The van der Waals surface area contributed by atoms with E-state index in [1.165, 1.54) is 4.90 Å². The number of benzene rings is 2. The monoisotopic (exact) mass is 428 g/mol. The first-order valence-electron chi connectivity index (χ1n) is 11.1. The summed E-state index contributed by atoms with van der Waals surface area (Å²) in [6, 6.07) is 12.7. The number of carbonyl (C=O) groups is 3. The number of hydrogen-bond acceptors (Lipinski definition) is 4. The summed E-state index contributed by atoms with van der Waals surface area (Å²) in [5.41, 5.74) is 3.98. The van der Waals surface area contributed by atoms with Gasteiger partial charge in [-0.3, -0.25) is 14.4 Å². The minimum Gasteiger partial charge on any atom is -0.359 e. The smallest absolute Gasteiger partial charge is 0.240 e. The number of amides is 2. The molecule has 32 heavy (non-hydrogen) atoms. The second-order valence-corrected chi connectivity index (χ2v) is 10.3. The van der Waals surface area contributed by atoms with Crippen LogP contribution in [0.15, 0.2) is 48.7 Å². The van der Waals surface area contributed by atoms with Crippen molar-refractivity contribution in [2.24, 2.45) is 17.3 Å². The van der Waals surface area contributed by atoms with Gasteiger partial charge >= 0.3 is 0 Å². The zero-order chi connectivity index (χ0) is 22.9. The van der Waals surface area contributed by atoms with Crippen LogP contribution in [0.25, 0.3) is 6.08 Å². The van der Waals surface area contributed by atoms with E-state index in [0.29, 0.717) is 5.69 Å². The molecule has 5 nitrogen and oxygen atoms in total. The van der Waals surface area contributed by atoms with Crippen LogP contribution >= 0.6 is 0 Å². The van der Waals surface area contributed by atoms with Gasteiger partial charge in [-0.15, -0.1) is 0 Å². The van der Waals surface area contributed by atoms with Crippen LogP contribution in [-0.4, -0.2) is 28.5 Å². The molecule has 0 N–H and O–H groups in total. The molecule has 3 aliphatic heterocycles. The van der Waals surface area contributed by atoms with Crippen molar-refractivity contribution in [3.05, 3.63) is 70.9 Å². The highest BCUT2D eigenvalue weighted by Gasteiger charge is 2.65. The fourth-order valence-electron chi connectivity index (χ4n) is 5.64. The summed E-state index contributed by atoms with van der Waals surface area (Å²) in [5, 5.41) is 0. The maximum atomic E-state index is 13.8. The van der Waals surface area contributed by atoms with Crippen LogP contribution in [0.3, 0.4) is 0 Å². The van der Waals surface area contributed by atoms with E-state index < -0.39 is 23.3 Å². The molecule has 164 valence electrons. The number of imide groups is 1. The van der Waals surface area contributed by atoms with E-state index >= 15 is 0 Å². The van der Waals surface area contributed by atoms with E-state index in [-0.39, 0.29) is 23.6 Å². The van der Waals surface area contributed by atoms with Crippen molar-refractivity contribution in [2.75, 3.05) is 4.90 Å². The SMILES string of the molecule is Cc1cc(C)cc(N2C(=O)[C@@H]3[C@H](C2=O)C2c4ccccc4C=CN2[C@@H]3C(=O)C(C)(C)C)c1. The number of carbonyl (C=O) groups excluding carboxylic acids is 3. The van der Waals surface area contributed by atoms with Gasteiger partial charge in [0.05, 0.1) is 23.6 Å². The molecule has 2 aromatic carbocycles. The molecular weight excluding hydrogens is 400 g/mol. The van der Waals surface area contributed by atoms with Gasteiger partial charge in [0.25, 0.3) is 0 Å². The van der Waals surface area contributed by atoms with E-state index in [0.717, 1.165) is 22.3 Å². The first-order chi connectivity index (χ1) is 15.1. The molecule has 0 bridgehead atoms. The molecule has 3 aliphatic rings. The van der Waals surface area contributed by atoms with Crippen molar-refractivity contribution in [1.29, 1.82) is 0 Å². The van der Waals surface area contributed by atoms with Crippen molar-refractivity contribution in [1.82, 2.24) is 4.90 Å². The Morgan fingerprint density at radius 1 is 0.906 bits per heavy atom. The lowest BCUT2D eigenvalue weighted by Crippen LogP contribution is -2.47. The van der Waals surface area contributed by atoms with Crippen molar-refractivity contribution < 1.29 is 14.4 Å². The Labute approximate surface area is 188 Å². The van der Waals surface area contributed by atoms with E-state index in [1.807, 2.05) is 94.3 Å². The van der Waals surface area contributed by atoms with Gasteiger partial charge in [-0.05, 0) is 54.3 Å². The number of aryl methyl sites for hydroxylation is 2. The van der Waals surface area contributed by atoms with E-state index in [1.54, 1.807) is 0 Å². The normalized spacial score (nSPS) is 26.3. The summed E-state index contributed by atoms with van der Waals surface area (Å²) in [6.45, 7) is 9.54. The third kappa shape index (κ3) is 2.87. The molecule has 2 amide bonds. The third-order valence-corrected chi connectivity index (χ3v) is 6.93. The second-order valence-electron chi connectivity index (χ2n) is 10.3. The van der Waals surface area contributed by atoms with Crippen molar-refractivity contribution >= 4 is 29.4 Å². The van der Waals surface area contributed by atoms with E-state index in [2.05, 4.69) is 0 Å². The van der Waals surface area contributed by atoms with Gasteiger partial charge in [0.2, 0.25) is 11.8 Å². The quantitative estimate of drug-likeness (QED) is 0.664. The summed E-state index contributed by atoms with van der Waals surface area (Å²) in [5.74, 6) is -1.79. The molecule has 5 heteroatoms. The van der Waals surface area contributed by atoms with Gasteiger partial charge in [0, 0.05) is 11.6 Å². The molecule has 0 radical (unpaired) electrons. The summed E-state index contributed by atoms with van der Waals surface area (Å²) >= 11 is 0. The van der Waals surface area contributed by atoms with Crippen LogP contribution in [0.1, 0.15) is 49.1 Å². The Hall–Kier alpha value is -3.21. The highest BCUT2D eigenvalue weighted by Crippen LogP contribution is 2.54. The van der Waals surface area contributed by atoms with Crippen molar-refractivity contribution in [3.63, 3.8) is 0 Å². The molecule has 4 atom stereocenters. The molecule has 0 aliphatic carbocycles. The van der Waals surface area contributed by atoms with Crippen molar-refractivity contribution in [3.8, 4) is 0 Å². The maximum Gasteiger partial charge on any atom is 0.240 e.